The monoisotopic (exact) mass is 254 g/mol. The molecule has 1 aliphatic rings. The van der Waals surface area contributed by atoms with E-state index in [1.165, 1.54) is 51.6 Å². The summed E-state index contributed by atoms with van der Waals surface area (Å²) >= 11 is 0. The number of hydrogen-bond donors (Lipinski definition) is 1. The number of likely N-dealkylation sites (tertiary alicyclic amines) is 1. The molecule has 0 bridgehead atoms. The van der Waals surface area contributed by atoms with Gasteiger partial charge in [0.1, 0.15) is 0 Å². The number of hydrogen-bond acceptors (Lipinski definition) is 2. The first-order chi connectivity index (χ1) is 8.53. The quantitative estimate of drug-likeness (QED) is 0.703. The molecule has 0 aromatic heterocycles. The van der Waals surface area contributed by atoms with Gasteiger partial charge in [-0.3, -0.25) is 4.90 Å². The third-order valence-electron chi connectivity index (χ3n) is 5.11. The van der Waals surface area contributed by atoms with Crippen LogP contribution in [0.15, 0.2) is 0 Å². The smallest absolute Gasteiger partial charge is 0.0303 e. The Kier molecular flexibility index (Phi) is 6.65. The Hall–Kier alpha value is -0.0800. The van der Waals surface area contributed by atoms with Crippen LogP contribution in [-0.2, 0) is 0 Å². The van der Waals surface area contributed by atoms with Crippen LogP contribution in [0.2, 0.25) is 0 Å². The molecule has 0 radical (unpaired) electrons. The van der Waals surface area contributed by atoms with Crippen LogP contribution in [0.25, 0.3) is 0 Å². The number of unbranched alkanes of at least 4 members (excludes halogenated alkanes) is 3. The number of nitrogens with zero attached hydrogens (tertiary/aromatic N) is 1. The lowest BCUT2D eigenvalue weighted by Crippen LogP contribution is -2.56. The maximum absolute atomic E-state index is 6.09. The molecule has 1 heterocycles. The maximum Gasteiger partial charge on any atom is 0.0303 e. The van der Waals surface area contributed by atoms with Gasteiger partial charge in [0, 0.05) is 18.6 Å². The van der Waals surface area contributed by atoms with Crippen molar-refractivity contribution >= 4 is 0 Å². The molecule has 1 fully saturated rings. The fourth-order valence-corrected chi connectivity index (χ4v) is 3.08. The Morgan fingerprint density at radius 3 is 2.44 bits per heavy atom. The molecule has 2 N–H and O–H groups in total. The van der Waals surface area contributed by atoms with Gasteiger partial charge >= 0.3 is 0 Å². The zero-order valence-corrected chi connectivity index (χ0v) is 13.0. The number of piperidine rings is 1. The summed E-state index contributed by atoms with van der Waals surface area (Å²) < 4.78 is 0. The molecule has 1 aliphatic heterocycles. The topological polar surface area (TPSA) is 29.3 Å². The van der Waals surface area contributed by atoms with Crippen molar-refractivity contribution in [3.05, 3.63) is 0 Å². The van der Waals surface area contributed by atoms with Gasteiger partial charge in [-0.1, -0.05) is 46.5 Å². The summed E-state index contributed by atoms with van der Waals surface area (Å²) in [5.41, 5.74) is 6.33. The van der Waals surface area contributed by atoms with Crippen LogP contribution >= 0.6 is 0 Å². The van der Waals surface area contributed by atoms with Crippen molar-refractivity contribution < 1.29 is 0 Å². The van der Waals surface area contributed by atoms with E-state index in [0.717, 1.165) is 18.4 Å². The van der Waals surface area contributed by atoms with E-state index < -0.39 is 0 Å². The van der Waals surface area contributed by atoms with Gasteiger partial charge < -0.3 is 5.73 Å². The van der Waals surface area contributed by atoms with E-state index in [2.05, 4.69) is 32.6 Å². The SMILES string of the molecule is CCCCCCC(C)(CN)N1CCC(C)C(C)C1. The van der Waals surface area contributed by atoms with Crippen molar-refractivity contribution in [2.24, 2.45) is 17.6 Å². The summed E-state index contributed by atoms with van der Waals surface area (Å²) in [5, 5.41) is 0. The Bertz CT molecular complexity index is 229. The highest BCUT2D eigenvalue weighted by Crippen LogP contribution is 2.30. The van der Waals surface area contributed by atoms with E-state index in [1.54, 1.807) is 0 Å². The molecule has 1 rings (SSSR count). The number of rotatable bonds is 7. The largest absolute Gasteiger partial charge is 0.329 e. The summed E-state index contributed by atoms with van der Waals surface area (Å²) in [4.78, 5) is 2.67. The highest BCUT2D eigenvalue weighted by Gasteiger charge is 2.34. The summed E-state index contributed by atoms with van der Waals surface area (Å²) in [7, 11) is 0. The fourth-order valence-electron chi connectivity index (χ4n) is 3.08. The first kappa shape index (κ1) is 16.0. The van der Waals surface area contributed by atoms with E-state index in [1.807, 2.05) is 0 Å². The second-order valence-corrected chi connectivity index (χ2v) is 6.70. The first-order valence-corrected chi connectivity index (χ1v) is 7.98. The minimum atomic E-state index is 0.238. The normalized spacial score (nSPS) is 29.2. The van der Waals surface area contributed by atoms with Crippen molar-refractivity contribution in [3.8, 4) is 0 Å². The molecule has 1 saturated heterocycles. The second kappa shape index (κ2) is 7.49. The maximum atomic E-state index is 6.09. The summed E-state index contributed by atoms with van der Waals surface area (Å²) in [6.07, 6.45) is 8.00. The lowest BCUT2D eigenvalue weighted by atomic mass is 9.83. The molecule has 2 nitrogen and oxygen atoms in total. The molecule has 0 aromatic rings. The average Bonchev–Trinajstić information content (AvgIpc) is 2.37. The molecule has 3 unspecified atom stereocenters. The molecule has 108 valence electrons. The van der Waals surface area contributed by atoms with E-state index in [0.29, 0.717) is 0 Å². The van der Waals surface area contributed by atoms with Crippen LogP contribution in [0.1, 0.15) is 66.2 Å². The first-order valence-electron chi connectivity index (χ1n) is 7.98. The van der Waals surface area contributed by atoms with Crippen molar-refractivity contribution in [2.45, 2.75) is 71.8 Å². The second-order valence-electron chi connectivity index (χ2n) is 6.70. The van der Waals surface area contributed by atoms with E-state index in [-0.39, 0.29) is 5.54 Å². The van der Waals surface area contributed by atoms with Gasteiger partial charge in [0.05, 0.1) is 0 Å². The highest BCUT2D eigenvalue weighted by atomic mass is 15.2. The molecular formula is C16H34N2. The van der Waals surface area contributed by atoms with Crippen LogP contribution in [0.3, 0.4) is 0 Å². The van der Waals surface area contributed by atoms with Crippen molar-refractivity contribution in [1.82, 2.24) is 4.90 Å². The molecule has 18 heavy (non-hydrogen) atoms. The Labute approximate surface area is 114 Å². The summed E-state index contributed by atoms with van der Waals surface area (Å²) in [6, 6.07) is 0. The number of nitrogens with two attached hydrogens (primary N) is 1. The van der Waals surface area contributed by atoms with Gasteiger partial charge in [-0.05, 0) is 38.1 Å². The molecule has 0 aromatic carbocycles. The van der Waals surface area contributed by atoms with Crippen LogP contribution in [0, 0.1) is 11.8 Å². The molecule has 2 heteroatoms. The van der Waals surface area contributed by atoms with Crippen LogP contribution in [-0.4, -0.2) is 30.1 Å². The third kappa shape index (κ3) is 4.24. The molecular weight excluding hydrogens is 220 g/mol. The van der Waals surface area contributed by atoms with Gasteiger partial charge in [0.25, 0.3) is 0 Å². The zero-order valence-electron chi connectivity index (χ0n) is 13.0. The van der Waals surface area contributed by atoms with Crippen LogP contribution in [0.5, 0.6) is 0 Å². The van der Waals surface area contributed by atoms with Gasteiger partial charge in [0.15, 0.2) is 0 Å². The lowest BCUT2D eigenvalue weighted by molar-refractivity contribution is 0.0347. The van der Waals surface area contributed by atoms with Crippen molar-refractivity contribution in [2.75, 3.05) is 19.6 Å². The fraction of sp³-hybridized carbons (Fsp3) is 1.00. The van der Waals surface area contributed by atoms with Crippen molar-refractivity contribution in [1.29, 1.82) is 0 Å². The minimum absolute atomic E-state index is 0.238. The van der Waals surface area contributed by atoms with Crippen LogP contribution < -0.4 is 5.73 Å². The highest BCUT2D eigenvalue weighted by molar-refractivity contribution is 4.91. The Morgan fingerprint density at radius 1 is 1.17 bits per heavy atom. The third-order valence-corrected chi connectivity index (χ3v) is 5.11. The molecule has 0 spiro atoms. The average molecular weight is 254 g/mol. The van der Waals surface area contributed by atoms with Gasteiger partial charge in [0.2, 0.25) is 0 Å². The van der Waals surface area contributed by atoms with E-state index in [9.17, 15) is 0 Å². The van der Waals surface area contributed by atoms with Gasteiger partial charge in [-0.2, -0.15) is 0 Å². The van der Waals surface area contributed by atoms with Gasteiger partial charge in [-0.25, -0.2) is 0 Å². The molecule has 3 atom stereocenters. The minimum Gasteiger partial charge on any atom is -0.329 e. The zero-order chi connectivity index (χ0) is 13.6. The Morgan fingerprint density at radius 2 is 1.89 bits per heavy atom. The summed E-state index contributed by atoms with van der Waals surface area (Å²) in [6.45, 7) is 12.7. The van der Waals surface area contributed by atoms with Crippen LogP contribution in [0.4, 0.5) is 0 Å². The van der Waals surface area contributed by atoms with Crippen molar-refractivity contribution in [3.63, 3.8) is 0 Å². The molecule has 0 amide bonds. The Balaban J connectivity index is 2.47. The standard InChI is InChI=1S/C16H34N2/c1-5-6-7-8-10-16(4,13-17)18-11-9-14(2)15(3)12-18/h14-15H,5-13,17H2,1-4H3. The lowest BCUT2D eigenvalue weighted by Gasteiger charge is -2.46. The molecule has 0 saturated carbocycles. The van der Waals surface area contributed by atoms with E-state index in [4.69, 9.17) is 5.73 Å². The summed E-state index contributed by atoms with van der Waals surface area (Å²) in [5.74, 6) is 1.70. The van der Waals surface area contributed by atoms with Gasteiger partial charge in [-0.15, -0.1) is 0 Å². The predicted octanol–water partition coefficient (Wildman–Crippen LogP) is 3.65. The predicted molar refractivity (Wildman–Crippen MR) is 80.7 cm³/mol. The molecule has 0 aliphatic carbocycles. The van der Waals surface area contributed by atoms with E-state index >= 15 is 0 Å².